The fourth-order valence-electron chi connectivity index (χ4n) is 18.5. The number of nitrogens with zero attached hydrogens (tertiary/aromatic N) is 3. The van der Waals surface area contributed by atoms with E-state index in [1.54, 1.807) is 70.4 Å². The Balaban J connectivity index is 0.000000218. The highest BCUT2D eigenvalue weighted by Gasteiger charge is 2.59. The molecule has 16 unspecified atom stereocenters. The van der Waals surface area contributed by atoms with Crippen molar-refractivity contribution in [3.8, 4) is 33.8 Å². The van der Waals surface area contributed by atoms with Gasteiger partial charge in [0.25, 0.3) is 0 Å². The first-order valence-electron chi connectivity index (χ1n) is 48.4. The highest BCUT2D eigenvalue weighted by molar-refractivity contribution is 6.36. The molecule has 6 heterocycles. The van der Waals surface area contributed by atoms with Crippen molar-refractivity contribution in [2.75, 3.05) is 99.3 Å². The average Bonchev–Trinajstić information content (AvgIpc) is 1.59. The van der Waals surface area contributed by atoms with Gasteiger partial charge in [-0.05, 0) is 127 Å². The number of aliphatic carboxylic acids is 1. The number of carbonyl (C=O) groups excluding carboxylic acids is 13. The summed E-state index contributed by atoms with van der Waals surface area (Å²) in [4.78, 5) is 181. The van der Waals surface area contributed by atoms with Crippen LogP contribution in [0.4, 0.5) is 25.8 Å². The molecule has 8 bridgehead atoms. The minimum Gasteiger partial charge on any atom is -0.495 e. The number of nitrogens with one attached hydrogen (secondary N) is 6. The van der Waals surface area contributed by atoms with Crippen LogP contribution < -0.4 is 51.2 Å². The summed E-state index contributed by atoms with van der Waals surface area (Å²) in [5.41, 5.74) is 9.32. The van der Waals surface area contributed by atoms with Gasteiger partial charge < -0.3 is 108 Å². The number of ketones is 2. The largest absolute Gasteiger partial charge is 0.495 e. The molecular weight excluding hydrogens is 1950 g/mol. The predicted molar refractivity (Wildman–Crippen MR) is 538 cm³/mol. The number of carboxylic acid groups (broad SMARTS) is 1. The van der Waals surface area contributed by atoms with Crippen LogP contribution in [0.2, 0.25) is 10.0 Å². The van der Waals surface area contributed by atoms with Crippen molar-refractivity contribution >= 4 is 118 Å². The smallest absolute Gasteiger partial charge is 0.409 e. The number of esters is 3. The van der Waals surface area contributed by atoms with E-state index in [2.05, 4.69) is 44.0 Å². The first kappa shape index (κ1) is 112. The number of benzene rings is 6. The van der Waals surface area contributed by atoms with Gasteiger partial charge in [0.2, 0.25) is 29.5 Å². The third-order valence-corrected chi connectivity index (χ3v) is 28.1. The van der Waals surface area contributed by atoms with Crippen LogP contribution >= 0.6 is 23.2 Å². The Hall–Kier alpha value is -13.4. The van der Waals surface area contributed by atoms with Crippen molar-refractivity contribution in [2.45, 2.75) is 215 Å². The summed E-state index contributed by atoms with van der Waals surface area (Å²) in [6.45, 7) is 9.60. The molecule has 4 fully saturated rings. The first-order chi connectivity index (χ1) is 70.1. The zero-order valence-corrected chi connectivity index (χ0v) is 85.8. The van der Waals surface area contributed by atoms with E-state index in [-0.39, 0.29) is 118 Å². The number of carboxylic acids is 1. The second-order valence-electron chi connectivity index (χ2n) is 37.5. The molecule has 6 aliphatic heterocycles. The van der Waals surface area contributed by atoms with Crippen LogP contribution in [-0.2, 0) is 113 Å². The van der Waals surface area contributed by atoms with Crippen LogP contribution in [0.5, 0.6) is 11.5 Å². The number of carbonyl (C=O) groups is 14. The lowest BCUT2D eigenvalue weighted by Crippen LogP contribution is -2.63. The molecule has 40 heteroatoms. The molecule has 8 aliphatic rings. The van der Waals surface area contributed by atoms with Crippen LogP contribution in [0, 0.1) is 11.8 Å². The maximum Gasteiger partial charge on any atom is 0.409 e. The number of alkyl carbamates (subject to hydrolysis) is 3. The molecule has 788 valence electrons. The van der Waals surface area contributed by atoms with E-state index in [1.807, 2.05) is 124 Å². The van der Waals surface area contributed by atoms with Crippen LogP contribution in [0.15, 0.2) is 169 Å². The third-order valence-electron chi connectivity index (χ3n) is 27.3. The van der Waals surface area contributed by atoms with Crippen LogP contribution in [0.25, 0.3) is 22.3 Å². The Kier molecular flexibility index (Phi) is 38.8. The van der Waals surface area contributed by atoms with E-state index in [1.165, 1.54) is 59.3 Å². The molecule has 14 rings (SSSR count). The van der Waals surface area contributed by atoms with Gasteiger partial charge in [0.15, 0.2) is 23.0 Å². The number of rotatable bonds is 29. The molecule has 2 aliphatic carbocycles. The molecule has 6 aromatic carbocycles. The molecule has 0 radical (unpaired) electrons. The minimum atomic E-state index is -1.88. The predicted octanol–water partition coefficient (Wildman–Crippen LogP) is 10.7. The van der Waals surface area contributed by atoms with Crippen molar-refractivity contribution < 1.29 is 139 Å². The zero-order chi connectivity index (χ0) is 107. The van der Waals surface area contributed by atoms with Crippen molar-refractivity contribution in [1.29, 1.82) is 0 Å². The van der Waals surface area contributed by atoms with Crippen LogP contribution in [0.3, 0.4) is 0 Å². The second-order valence-corrected chi connectivity index (χ2v) is 38.3. The summed E-state index contributed by atoms with van der Waals surface area (Å²) in [5, 5.41) is 47.4. The lowest BCUT2D eigenvalue weighted by Gasteiger charge is -2.42. The van der Waals surface area contributed by atoms with Crippen molar-refractivity contribution in [3.63, 3.8) is 0 Å². The molecule has 4 saturated heterocycles. The second kappa shape index (κ2) is 50.8. The van der Waals surface area contributed by atoms with Gasteiger partial charge in [0.1, 0.15) is 95.7 Å². The molecule has 38 nitrogen and oxygen atoms in total. The number of allylic oxidation sites excluding steroid dienone is 6. The van der Waals surface area contributed by atoms with E-state index in [0.717, 1.165) is 71.7 Å². The monoisotopic (exact) mass is 2070 g/mol. The number of amides is 8. The van der Waals surface area contributed by atoms with Gasteiger partial charge in [-0.15, -0.1) is 0 Å². The van der Waals surface area contributed by atoms with Gasteiger partial charge in [-0.3, -0.25) is 58.6 Å². The minimum absolute atomic E-state index is 0.00503. The lowest BCUT2D eigenvalue weighted by molar-refractivity contribution is -0.159. The average molecular weight is 2070 g/mol. The Bertz CT molecular complexity index is 5940. The van der Waals surface area contributed by atoms with E-state index in [9.17, 15) is 77.3 Å². The molecule has 0 spiro atoms. The van der Waals surface area contributed by atoms with Gasteiger partial charge in [-0.25, -0.2) is 19.2 Å². The van der Waals surface area contributed by atoms with Gasteiger partial charge in [0.05, 0.1) is 83.1 Å². The lowest BCUT2D eigenvalue weighted by atomic mass is 9.87. The van der Waals surface area contributed by atoms with Gasteiger partial charge >= 0.3 is 42.2 Å². The summed E-state index contributed by atoms with van der Waals surface area (Å²) >= 11 is 13.4. The van der Waals surface area contributed by atoms with Gasteiger partial charge in [-0.1, -0.05) is 182 Å². The fourth-order valence-corrected chi connectivity index (χ4v) is 19.1. The van der Waals surface area contributed by atoms with Crippen molar-refractivity contribution in [3.05, 3.63) is 212 Å². The van der Waals surface area contributed by atoms with Crippen LogP contribution in [-0.4, -0.2) is 278 Å². The highest BCUT2D eigenvalue weighted by atomic mass is 35.5. The number of likely N-dealkylation sites (N-methyl/N-ethyl adjacent to an activating group) is 2. The third kappa shape index (κ3) is 28.7. The number of hydrogen-bond donors (Lipinski definition) is 9. The Morgan fingerprint density at radius 3 is 1.34 bits per heavy atom. The summed E-state index contributed by atoms with van der Waals surface area (Å²) in [5.74, 6) is -6.86. The standard InChI is InChI=1S/C53H62ClN5O14.C31H42ClN3O9.C23H23NO6/c1-29-13-12-18-43(69-7)53(67)25-42(72-52(66)57-53)30(2)48-49(73-48)41(24-45(62)59(5)39-22-32(21-29)23-40(68-6)47(39)54)71-50(64)31(3)58(4)46(63)27-55-44(61)20-19-33(60)26-56-51(65)70-28-38-36-16-10-8-14-34(36)35-15-9-11-17-37(35)38;1-16-9-8-10-24(41-7)31(39)15-23(43-30(38)34-31)17(2)27-28(44-27)22(42-29(37)18(3)33-4)14-25(36)35(5)20-12-19(11-16)13-21(40-6)26(20)32;25-15(9-11-22(27)28)13-24-21(26)10-12-23(29)30-14-20-18-7-3-1-5-16(18)17-6-2-4-8-19(17)20/h8-18,22-23,30-31,38,41-43,48-49,67H,19-21,24-28H2,1-7H3,(H,55,61)(H,56,65)(H,57,66);8-10,12-13,17-18,22-24,27-28,33,39H,11,14-15H2,1-7H3,(H,34,38);1-8,20H,9-14H2,(H,24,26)(H,27,28)/b18-12+,29-13+;10-8+,16-9+;. The molecule has 6 aromatic rings. The Labute approximate surface area is 861 Å². The number of hydrogen-bond acceptors (Lipinski definition) is 29. The summed E-state index contributed by atoms with van der Waals surface area (Å²) in [6, 6.07) is 37.1. The fraction of sp³-hybridized carbons (Fsp3) is 0.458. The molecule has 0 saturated carbocycles. The molecule has 9 N–H and O–H groups in total. The number of halogens is 2. The molecule has 0 aromatic heterocycles. The van der Waals surface area contributed by atoms with Gasteiger partial charge in [0, 0.05) is 97.6 Å². The number of aliphatic hydroxyl groups is 2. The maximum absolute atomic E-state index is 14.2. The summed E-state index contributed by atoms with van der Waals surface area (Å²) in [7, 11) is 11.9. The number of epoxide rings is 2. The maximum atomic E-state index is 14.2. The molecular formula is C107H127Cl2N9O29. The highest BCUT2D eigenvalue weighted by Crippen LogP contribution is 2.49. The first-order valence-corrected chi connectivity index (χ1v) is 49.1. The molecule has 147 heavy (non-hydrogen) atoms. The SMILES string of the molecule is CNC(C)C(=O)OC1CC(=O)N(C)c2cc(cc(OC)c2Cl)C/C(C)=C/C=C/C(OC)C2(O)CC(OC(=O)N2)C(C)C2OC12.COc1cc2cc(c1Cl)N(C)C(=O)CC(OC(=O)C(C)N(C)C(=O)CNC(=O)CCC(=O)CNC(=O)OCC1c3ccccc3-c3ccccc31)C1OC1C(C)C1CC(O)(NC(=O)O1)C(OC)/C=C/C=C(\C)C2.O=C(O)CCC(=O)CNC(=O)CCC(=O)OCC1c2ccccc2-c2ccccc21. The summed E-state index contributed by atoms with van der Waals surface area (Å²) in [6.07, 6.45) is -1.35. The quantitative estimate of drug-likeness (QED) is 0.0120. The number of Topliss-reactive ketones (excluding diaryl/α,β-unsaturated/α-hetero) is 2. The number of fused-ring (bicyclic) bond motifs is 16. The Morgan fingerprint density at radius 1 is 0.531 bits per heavy atom. The van der Waals surface area contributed by atoms with Gasteiger partial charge in [-0.2, -0.15) is 0 Å². The zero-order valence-electron chi connectivity index (χ0n) is 84.3. The molecule has 8 amide bonds. The summed E-state index contributed by atoms with van der Waals surface area (Å²) < 4.78 is 68.3. The Morgan fingerprint density at radius 2 is 0.925 bits per heavy atom. The number of ether oxygens (including phenoxy) is 12. The van der Waals surface area contributed by atoms with Crippen LogP contribution in [0.1, 0.15) is 151 Å². The van der Waals surface area contributed by atoms with E-state index in [4.69, 9.17) is 85.2 Å². The van der Waals surface area contributed by atoms with Crippen molar-refractivity contribution in [1.82, 2.24) is 36.8 Å². The normalized spacial score (nSPS) is 25.0. The van der Waals surface area contributed by atoms with Crippen molar-refractivity contribution in [2.24, 2.45) is 11.8 Å². The molecule has 16 atom stereocenters. The number of anilines is 2. The topological polar surface area (TPSA) is 499 Å². The van der Waals surface area contributed by atoms with E-state index < -0.39 is 181 Å². The number of methoxy groups -OCH3 is 4. The van der Waals surface area contributed by atoms with E-state index >= 15 is 0 Å². The van der Waals surface area contributed by atoms with E-state index in [0.29, 0.717) is 35.7 Å².